The highest BCUT2D eigenvalue weighted by Gasteiger charge is 2.45. The van der Waals surface area contributed by atoms with Gasteiger partial charge in [-0.3, -0.25) is 9.48 Å². The number of rotatable bonds is 2. The molecule has 2 aromatic heterocycles. The van der Waals surface area contributed by atoms with Crippen molar-refractivity contribution in [1.82, 2.24) is 19.8 Å². The maximum atomic E-state index is 13.7. The Bertz CT molecular complexity index is 1050. The fraction of sp³-hybridized carbons (Fsp3) is 0.350. The van der Waals surface area contributed by atoms with Gasteiger partial charge in [0.15, 0.2) is 5.69 Å². The van der Waals surface area contributed by atoms with Crippen molar-refractivity contribution in [3.8, 4) is 11.3 Å². The Morgan fingerprint density at radius 2 is 2.15 bits per heavy atom. The van der Waals surface area contributed by atoms with Crippen LogP contribution in [0.4, 0.5) is 4.39 Å². The van der Waals surface area contributed by atoms with Crippen LogP contribution in [0.3, 0.4) is 0 Å². The van der Waals surface area contributed by atoms with Crippen LogP contribution in [0.25, 0.3) is 11.3 Å². The molecule has 3 aromatic rings. The highest BCUT2D eigenvalue weighted by molar-refractivity contribution is 5.92. The van der Waals surface area contributed by atoms with Gasteiger partial charge in [-0.25, -0.2) is 4.39 Å². The number of likely N-dealkylation sites (tertiary alicyclic amines) is 1. The predicted octanol–water partition coefficient (Wildman–Crippen LogP) is 2.93. The van der Waals surface area contributed by atoms with E-state index in [4.69, 9.17) is 4.52 Å². The molecule has 1 fully saturated rings. The minimum Gasteiger partial charge on any atom is -0.361 e. The van der Waals surface area contributed by atoms with Crippen LogP contribution in [0.15, 0.2) is 34.9 Å². The van der Waals surface area contributed by atoms with Crippen molar-refractivity contribution in [3.05, 3.63) is 58.9 Å². The molecular weight excluding hydrogens is 347 g/mol. The fourth-order valence-electron chi connectivity index (χ4n) is 4.50. The van der Waals surface area contributed by atoms with Crippen LogP contribution >= 0.6 is 0 Å². The molecule has 1 amide bonds. The molecule has 0 unspecified atom stereocenters. The van der Waals surface area contributed by atoms with Crippen LogP contribution in [0, 0.1) is 18.7 Å². The number of nitrogens with zero attached hydrogens (tertiary/aromatic N) is 4. The first-order chi connectivity index (χ1) is 13.0. The Balaban J connectivity index is 1.48. The van der Waals surface area contributed by atoms with E-state index in [1.807, 2.05) is 22.7 Å². The third-order valence-electron chi connectivity index (χ3n) is 5.71. The number of carbonyl (C=O) groups excluding carboxylic acids is 1. The normalized spacial score (nSPS) is 20.8. The smallest absolute Gasteiger partial charge is 0.276 e. The lowest BCUT2D eigenvalue weighted by Crippen LogP contribution is -2.29. The van der Waals surface area contributed by atoms with Crippen LogP contribution in [0.2, 0.25) is 0 Å². The first kappa shape index (κ1) is 16.2. The summed E-state index contributed by atoms with van der Waals surface area (Å²) in [5, 5.41) is 8.51. The molecule has 0 saturated carbocycles. The summed E-state index contributed by atoms with van der Waals surface area (Å²) in [6.45, 7) is 3.08. The van der Waals surface area contributed by atoms with Gasteiger partial charge in [-0.2, -0.15) is 5.10 Å². The number of aromatic nitrogens is 3. The summed E-state index contributed by atoms with van der Waals surface area (Å²) >= 11 is 0. The van der Waals surface area contributed by atoms with E-state index in [1.165, 1.54) is 17.8 Å². The highest BCUT2D eigenvalue weighted by atomic mass is 19.1. The lowest BCUT2D eigenvalue weighted by molar-refractivity contribution is 0.0774. The molecule has 5 rings (SSSR count). The van der Waals surface area contributed by atoms with E-state index in [9.17, 15) is 9.18 Å². The van der Waals surface area contributed by atoms with Gasteiger partial charge in [-0.1, -0.05) is 17.3 Å². The van der Waals surface area contributed by atoms with E-state index in [1.54, 1.807) is 19.1 Å². The van der Waals surface area contributed by atoms with Gasteiger partial charge in [0.25, 0.3) is 5.91 Å². The molecule has 1 aliphatic carbocycles. The third-order valence-corrected chi connectivity index (χ3v) is 5.71. The number of halogens is 1. The zero-order valence-electron chi connectivity index (χ0n) is 15.1. The maximum Gasteiger partial charge on any atom is 0.276 e. The van der Waals surface area contributed by atoms with Gasteiger partial charge >= 0.3 is 0 Å². The van der Waals surface area contributed by atoms with E-state index in [0.717, 1.165) is 23.2 Å². The number of carbonyl (C=O) groups is 1. The summed E-state index contributed by atoms with van der Waals surface area (Å²) in [5.41, 5.74) is 4.30. The van der Waals surface area contributed by atoms with E-state index >= 15 is 0 Å². The van der Waals surface area contributed by atoms with E-state index in [2.05, 4.69) is 10.3 Å². The summed E-state index contributed by atoms with van der Waals surface area (Å²) in [6.07, 6.45) is 0.875. The number of aryl methyl sites for hydroxylation is 2. The van der Waals surface area contributed by atoms with Gasteiger partial charge in [-0.15, -0.1) is 0 Å². The lowest BCUT2D eigenvalue weighted by atomic mass is 9.94. The summed E-state index contributed by atoms with van der Waals surface area (Å²) < 4.78 is 20.7. The zero-order chi connectivity index (χ0) is 18.7. The molecule has 0 N–H and O–H groups in total. The van der Waals surface area contributed by atoms with E-state index in [-0.39, 0.29) is 17.6 Å². The van der Waals surface area contributed by atoms with Crippen LogP contribution in [-0.4, -0.2) is 38.8 Å². The van der Waals surface area contributed by atoms with Gasteiger partial charge in [-0.05, 0) is 31.4 Å². The second-order valence-electron chi connectivity index (χ2n) is 7.45. The first-order valence-electron chi connectivity index (χ1n) is 9.05. The van der Waals surface area contributed by atoms with Crippen LogP contribution < -0.4 is 0 Å². The molecule has 0 bridgehead atoms. The second-order valence-corrected chi connectivity index (χ2v) is 7.45. The molecule has 1 aromatic carbocycles. The number of amides is 1. The summed E-state index contributed by atoms with van der Waals surface area (Å²) in [4.78, 5) is 14.6. The first-order valence-corrected chi connectivity index (χ1v) is 9.05. The Morgan fingerprint density at radius 3 is 2.89 bits per heavy atom. The van der Waals surface area contributed by atoms with Crippen molar-refractivity contribution in [2.24, 2.45) is 13.0 Å². The molecule has 27 heavy (non-hydrogen) atoms. The van der Waals surface area contributed by atoms with Gasteiger partial charge in [0.2, 0.25) is 0 Å². The average molecular weight is 366 g/mol. The van der Waals surface area contributed by atoms with Gasteiger partial charge in [0.05, 0.1) is 5.69 Å². The van der Waals surface area contributed by atoms with Crippen molar-refractivity contribution in [2.75, 3.05) is 13.1 Å². The average Bonchev–Trinajstić information content (AvgIpc) is 3.37. The fourth-order valence-corrected chi connectivity index (χ4v) is 4.50. The summed E-state index contributed by atoms with van der Waals surface area (Å²) in [6, 6.07) is 8.21. The molecule has 0 radical (unpaired) electrons. The van der Waals surface area contributed by atoms with Crippen molar-refractivity contribution in [3.63, 3.8) is 0 Å². The molecule has 1 saturated heterocycles. The standard InChI is InChI=1S/C20H19FN4O2/c1-11-6-16(23-27-11)20(26)25-9-13-8-17-18(15(13)10-25)19(22-24(17)2)12-4-3-5-14(21)7-12/h3-7,13,15H,8-10H2,1-2H3/t13-,15+/m0/s1. The summed E-state index contributed by atoms with van der Waals surface area (Å²) in [7, 11) is 1.93. The van der Waals surface area contributed by atoms with Gasteiger partial charge in [0.1, 0.15) is 11.6 Å². The van der Waals surface area contributed by atoms with Crippen molar-refractivity contribution in [2.45, 2.75) is 19.3 Å². The Hall–Kier alpha value is -2.96. The van der Waals surface area contributed by atoms with Gasteiger partial charge < -0.3 is 9.42 Å². The molecule has 2 aliphatic rings. The van der Waals surface area contributed by atoms with Crippen LogP contribution in [0.1, 0.15) is 33.4 Å². The van der Waals surface area contributed by atoms with Crippen molar-refractivity contribution < 1.29 is 13.7 Å². The molecule has 1 aliphatic heterocycles. The summed E-state index contributed by atoms with van der Waals surface area (Å²) in [5.74, 6) is 0.822. The molecule has 3 heterocycles. The monoisotopic (exact) mass is 366 g/mol. The number of hydrogen-bond acceptors (Lipinski definition) is 4. The molecule has 138 valence electrons. The Kier molecular flexibility index (Phi) is 3.47. The third kappa shape index (κ3) is 2.49. The second kappa shape index (κ2) is 5.77. The van der Waals surface area contributed by atoms with E-state index < -0.39 is 0 Å². The molecular formula is C20H19FN4O2. The van der Waals surface area contributed by atoms with Crippen LogP contribution in [-0.2, 0) is 13.5 Å². The molecule has 2 atom stereocenters. The van der Waals surface area contributed by atoms with Crippen LogP contribution in [0.5, 0.6) is 0 Å². The Labute approximate surface area is 155 Å². The highest BCUT2D eigenvalue weighted by Crippen LogP contribution is 2.47. The number of fused-ring (bicyclic) bond motifs is 3. The largest absolute Gasteiger partial charge is 0.361 e. The van der Waals surface area contributed by atoms with Crippen molar-refractivity contribution >= 4 is 5.91 Å². The minimum absolute atomic E-state index is 0.0982. The molecule has 7 heteroatoms. The SMILES string of the molecule is Cc1cc(C(=O)N2C[C@@H]3Cc4c(c(-c5cccc(F)c5)nn4C)[C@@H]3C2)no1. The zero-order valence-corrected chi connectivity index (χ0v) is 15.1. The topological polar surface area (TPSA) is 64.2 Å². The minimum atomic E-state index is -0.272. The van der Waals surface area contributed by atoms with Gasteiger partial charge in [0, 0.05) is 48.9 Å². The lowest BCUT2D eigenvalue weighted by Gasteiger charge is -2.15. The maximum absolute atomic E-state index is 13.7. The number of benzene rings is 1. The Morgan fingerprint density at radius 1 is 1.30 bits per heavy atom. The molecule has 6 nitrogen and oxygen atoms in total. The molecule has 0 spiro atoms. The van der Waals surface area contributed by atoms with Crippen molar-refractivity contribution in [1.29, 1.82) is 0 Å². The predicted molar refractivity (Wildman–Crippen MR) is 95.7 cm³/mol. The quantitative estimate of drug-likeness (QED) is 0.700. The number of hydrogen-bond donors (Lipinski definition) is 0. The van der Waals surface area contributed by atoms with E-state index in [0.29, 0.717) is 30.5 Å².